The third kappa shape index (κ3) is 12.9. The van der Waals surface area contributed by atoms with Crippen LogP contribution >= 0.6 is 0 Å². The van der Waals surface area contributed by atoms with Crippen molar-refractivity contribution in [2.75, 3.05) is 26.6 Å². The quantitative estimate of drug-likeness (QED) is 0.202. The van der Waals surface area contributed by atoms with Gasteiger partial charge in [-0.15, -0.1) is 0 Å². The van der Waals surface area contributed by atoms with Gasteiger partial charge in [0.1, 0.15) is 17.2 Å². The molecule has 0 bridgehead atoms. The molecule has 6 aromatic carbocycles. The van der Waals surface area contributed by atoms with Gasteiger partial charge in [-0.05, 0) is 72.8 Å². The Kier molecular flexibility index (Phi) is 15.1. The van der Waals surface area contributed by atoms with Gasteiger partial charge in [-0.1, -0.05) is 103 Å². The fourth-order valence-electron chi connectivity index (χ4n) is 3.67. The van der Waals surface area contributed by atoms with Crippen LogP contribution in [0.3, 0.4) is 0 Å². The zero-order valence-corrected chi connectivity index (χ0v) is 25.4. The van der Waals surface area contributed by atoms with E-state index in [1.54, 1.807) is 21.3 Å². The fourth-order valence-corrected chi connectivity index (χ4v) is 3.67. The molecule has 0 aromatic heterocycles. The number of ether oxygens (including phenoxy) is 4. The lowest BCUT2D eigenvalue weighted by Gasteiger charge is -2.04. The third-order valence-electron chi connectivity index (χ3n) is 5.83. The molecule has 5 heteroatoms. The maximum absolute atomic E-state index is 5.58. The molecule has 0 heterocycles. The molecular weight excluding hydrogens is 546 g/mol. The summed E-state index contributed by atoms with van der Waals surface area (Å²) in [6.07, 6.45) is 0. The molecule has 224 valence electrons. The standard InChI is InChI=1S/C12H11N.C12H10O.C8H10O2.C7H8O/c2*1-3-7-11(8-4-1)13-12-9-5-2-6-10-12;1-9-7-5-3-4-6-8(7)10-2;1-8-7-5-3-2-4-6-7/h1-10,13H;1-10H;3-6H,1-2H3;2-6H,1H3. The smallest absolute Gasteiger partial charge is 0.160 e. The molecule has 0 amide bonds. The topological polar surface area (TPSA) is 49.0 Å². The zero-order valence-electron chi connectivity index (χ0n) is 25.4. The molecule has 0 aliphatic heterocycles. The van der Waals surface area contributed by atoms with E-state index in [0.29, 0.717) is 0 Å². The van der Waals surface area contributed by atoms with Crippen LogP contribution in [0.1, 0.15) is 0 Å². The van der Waals surface area contributed by atoms with Crippen LogP contribution in [0.15, 0.2) is 176 Å². The van der Waals surface area contributed by atoms with Gasteiger partial charge < -0.3 is 24.3 Å². The first-order valence-electron chi connectivity index (χ1n) is 14.1. The first-order valence-corrected chi connectivity index (χ1v) is 14.1. The van der Waals surface area contributed by atoms with Gasteiger partial charge in [-0.2, -0.15) is 0 Å². The summed E-state index contributed by atoms with van der Waals surface area (Å²) in [5.74, 6) is 4.19. The first kappa shape index (κ1) is 32.8. The maximum atomic E-state index is 5.58. The summed E-state index contributed by atoms with van der Waals surface area (Å²) in [4.78, 5) is 0. The molecular formula is C39H39NO4. The molecule has 0 saturated heterocycles. The van der Waals surface area contributed by atoms with Crippen molar-refractivity contribution >= 4 is 11.4 Å². The number of para-hydroxylation sites is 7. The van der Waals surface area contributed by atoms with Gasteiger partial charge in [0.2, 0.25) is 0 Å². The molecule has 6 aromatic rings. The Labute approximate surface area is 261 Å². The first-order chi connectivity index (χ1) is 21.7. The van der Waals surface area contributed by atoms with Crippen molar-refractivity contribution < 1.29 is 18.9 Å². The molecule has 0 atom stereocenters. The average Bonchev–Trinajstić information content (AvgIpc) is 3.11. The van der Waals surface area contributed by atoms with Crippen molar-refractivity contribution in [2.24, 2.45) is 0 Å². The molecule has 0 aliphatic rings. The highest BCUT2D eigenvalue weighted by Crippen LogP contribution is 2.24. The molecule has 0 fully saturated rings. The summed E-state index contributed by atoms with van der Waals surface area (Å²) in [6, 6.07) is 57.0. The van der Waals surface area contributed by atoms with Gasteiger partial charge in [-0.25, -0.2) is 0 Å². The van der Waals surface area contributed by atoms with Gasteiger partial charge in [0.25, 0.3) is 0 Å². The van der Waals surface area contributed by atoms with Crippen LogP contribution < -0.4 is 24.3 Å². The number of methoxy groups -OCH3 is 3. The van der Waals surface area contributed by atoms with Crippen LogP contribution in [0.25, 0.3) is 0 Å². The Morgan fingerprint density at radius 2 is 0.614 bits per heavy atom. The molecule has 0 aliphatic carbocycles. The van der Waals surface area contributed by atoms with Gasteiger partial charge in [0.15, 0.2) is 11.5 Å². The normalized spacial score (nSPS) is 9.25. The van der Waals surface area contributed by atoms with Gasteiger partial charge in [0.05, 0.1) is 21.3 Å². The maximum Gasteiger partial charge on any atom is 0.160 e. The predicted octanol–water partition coefficient (Wildman–Crippen LogP) is 10.3. The molecule has 0 unspecified atom stereocenters. The average molecular weight is 586 g/mol. The summed E-state index contributed by atoms with van der Waals surface area (Å²) < 4.78 is 20.5. The number of anilines is 2. The Balaban J connectivity index is 0.000000163. The number of rotatable bonds is 7. The summed E-state index contributed by atoms with van der Waals surface area (Å²) in [5.41, 5.74) is 2.24. The van der Waals surface area contributed by atoms with E-state index in [-0.39, 0.29) is 0 Å². The Morgan fingerprint density at radius 3 is 0.909 bits per heavy atom. The molecule has 5 nitrogen and oxygen atoms in total. The highest BCUT2D eigenvalue weighted by atomic mass is 16.5. The minimum atomic E-state index is 0.769. The van der Waals surface area contributed by atoms with Crippen LogP contribution in [0.4, 0.5) is 11.4 Å². The lowest BCUT2D eigenvalue weighted by atomic mass is 10.3. The van der Waals surface area contributed by atoms with Crippen LogP contribution in [0.2, 0.25) is 0 Å². The second-order valence-corrected chi connectivity index (χ2v) is 8.96. The van der Waals surface area contributed by atoms with Crippen molar-refractivity contribution in [3.05, 3.63) is 176 Å². The van der Waals surface area contributed by atoms with E-state index >= 15 is 0 Å². The Hall–Kier alpha value is -5.68. The number of hydrogen-bond donors (Lipinski definition) is 1. The molecule has 6 rings (SSSR count). The number of benzene rings is 6. The van der Waals surface area contributed by atoms with Crippen molar-refractivity contribution in [1.29, 1.82) is 0 Å². The predicted molar refractivity (Wildman–Crippen MR) is 182 cm³/mol. The van der Waals surface area contributed by atoms with Crippen molar-refractivity contribution in [3.63, 3.8) is 0 Å². The van der Waals surface area contributed by atoms with Gasteiger partial charge in [-0.3, -0.25) is 0 Å². The minimum Gasteiger partial charge on any atom is -0.497 e. The number of nitrogens with one attached hydrogen (secondary N) is 1. The second kappa shape index (κ2) is 20.2. The van der Waals surface area contributed by atoms with Crippen molar-refractivity contribution in [1.82, 2.24) is 0 Å². The summed E-state index contributed by atoms with van der Waals surface area (Å²) >= 11 is 0. The van der Waals surface area contributed by atoms with Gasteiger partial charge in [0, 0.05) is 11.4 Å². The monoisotopic (exact) mass is 585 g/mol. The summed E-state index contributed by atoms with van der Waals surface area (Å²) in [6.45, 7) is 0. The van der Waals surface area contributed by atoms with E-state index in [9.17, 15) is 0 Å². The SMILES string of the molecule is COc1ccccc1.COc1ccccc1OC.c1ccc(Nc2ccccc2)cc1.c1ccc(Oc2ccccc2)cc1. The Bertz CT molecular complexity index is 1360. The lowest BCUT2D eigenvalue weighted by molar-refractivity contribution is 0.355. The molecule has 0 saturated carbocycles. The van der Waals surface area contributed by atoms with Crippen LogP contribution in [-0.4, -0.2) is 21.3 Å². The summed E-state index contributed by atoms with van der Waals surface area (Å²) in [5, 5.41) is 3.30. The van der Waals surface area contributed by atoms with E-state index < -0.39 is 0 Å². The molecule has 44 heavy (non-hydrogen) atoms. The highest BCUT2D eigenvalue weighted by Gasteiger charge is 1.97. The van der Waals surface area contributed by atoms with E-state index in [1.807, 2.05) is 176 Å². The Morgan fingerprint density at radius 1 is 0.318 bits per heavy atom. The molecule has 0 spiro atoms. The molecule has 0 radical (unpaired) electrons. The lowest BCUT2D eigenvalue weighted by Crippen LogP contribution is -1.88. The summed E-state index contributed by atoms with van der Waals surface area (Å²) in [7, 11) is 4.91. The second-order valence-electron chi connectivity index (χ2n) is 8.96. The van der Waals surface area contributed by atoms with Crippen LogP contribution in [-0.2, 0) is 0 Å². The largest absolute Gasteiger partial charge is 0.497 e. The highest BCUT2D eigenvalue weighted by molar-refractivity contribution is 5.58. The van der Waals surface area contributed by atoms with E-state index in [4.69, 9.17) is 18.9 Å². The minimum absolute atomic E-state index is 0.769. The van der Waals surface area contributed by atoms with Crippen LogP contribution in [0, 0.1) is 0 Å². The van der Waals surface area contributed by atoms with Crippen molar-refractivity contribution in [3.8, 4) is 28.7 Å². The van der Waals surface area contributed by atoms with E-state index in [0.717, 1.165) is 40.1 Å². The number of hydrogen-bond acceptors (Lipinski definition) is 5. The molecule has 1 N–H and O–H groups in total. The third-order valence-corrected chi connectivity index (χ3v) is 5.83. The van der Waals surface area contributed by atoms with Crippen LogP contribution in [0.5, 0.6) is 28.7 Å². The zero-order chi connectivity index (χ0) is 31.1. The van der Waals surface area contributed by atoms with E-state index in [2.05, 4.69) is 5.32 Å². The fraction of sp³-hybridized carbons (Fsp3) is 0.0769. The van der Waals surface area contributed by atoms with Gasteiger partial charge >= 0.3 is 0 Å². The van der Waals surface area contributed by atoms with E-state index in [1.165, 1.54) is 0 Å². The van der Waals surface area contributed by atoms with Crippen molar-refractivity contribution in [2.45, 2.75) is 0 Å².